The lowest BCUT2D eigenvalue weighted by atomic mass is 10.1. The Kier molecular flexibility index (Phi) is 3.09. The Labute approximate surface area is 78.5 Å². The average Bonchev–Trinajstić information content (AvgIpc) is 2.17. The van der Waals surface area contributed by atoms with Gasteiger partial charge in [0.1, 0.15) is 5.75 Å². The van der Waals surface area contributed by atoms with Gasteiger partial charge in [0.05, 0.1) is 13.2 Å². The van der Waals surface area contributed by atoms with Crippen LogP contribution in [0.1, 0.15) is 17.2 Å². The van der Waals surface area contributed by atoms with E-state index in [-0.39, 0.29) is 0 Å². The van der Waals surface area contributed by atoms with E-state index in [1.54, 1.807) is 7.11 Å². The predicted octanol–water partition coefficient (Wildman–Crippen LogP) is 2.22. The van der Waals surface area contributed by atoms with Gasteiger partial charge in [-0.05, 0) is 24.1 Å². The molecule has 0 amide bonds. The Balaban J connectivity index is 3.05. The molecule has 13 heavy (non-hydrogen) atoms. The molecule has 1 aromatic rings. The first-order chi connectivity index (χ1) is 6.19. The van der Waals surface area contributed by atoms with Crippen LogP contribution in [0.5, 0.6) is 5.75 Å². The van der Waals surface area contributed by atoms with E-state index in [4.69, 9.17) is 4.74 Å². The van der Waals surface area contributed by atoms with Crippen molar-refractivity contribution in [1.82, 2.24) is 0 Å². The number of aryl methyl sites for hydroxylation is 1. The van der Waals surface area contributed by atoms with Gasteiger partial charge in [0.25, 0.3) is 0 Å². The number of hydrogen-bond donors (Lipinski definition) is 1. The van der Waals surface area contributed by atoms with Gasteiger partial charge in [0.15, 0.2) is 0 Å². The van der Waals surface area contributed by atoms with Crippen LogP contribution in [0.2, 0.25) is 0 Å². The van der Waals surface area contributed by atoms with Crippen molar-refractivity contribution in [2.45, 2.75) is 13.0 Å². The van der Waals surface area contributed by atoms with Crippen LogP contribution in [0.3, 0.4) is 0 Å². The van der Waals surface area contributed by atoms with E-state index in [0.717, 1.165) is 16.9 Å². The summed E-state index contributed by atoms with van der Waals surface area (Å²) in [7, 11) is 1.62. The molecule has 0 aliphatic heterocycles. The van der Waals surface area contributed by atoms with Gasteiger partial charge < -0.3 is 9.84 Å². The minimum absolute atomic E-state index is 0.616. The first-order valence-corrected chi connectivity index (χ1v) is 4.14. The average molecular weight is 178 g/mol. The molecule has 0 heterocycles. The molecule has 0 aliphatic rings. The molecular formula is C11H14O2. The Morgan fingerprint density at radius 2 is 2.23 bits per heavy atom. The molecule has 1 aromatic carbocycles. The molecule has 2 nitrogen and oxygen atoms in total. The normalized spacial score (nSPS) is 12.2. The van der Waals surface area contributed by atoms with Crippen LogP contribution in [0, 0.1) is 6.92 Å². The predicted molar refractivity (Wildman–Crippen MR) is 52.9 cm³/mol. The zero-order chi connectivity index (χ0) is 9.84. The minimum Gasteiger partial charge on any atom is -0.496 e. The van der Waals surface area contributed by atoms with E-state index < -0.39 is 6.10 Å². The van der Waals surface area contributed by atoms with Gasteiger partial charge in [0.2, 0.25) is 0 Å². The van der Waals surface area contributed by atoms with Crippen molar-refractivity contribution in [1.29, 1.82) is 0 Å². The molecule has 0 bridgehead atoms. The van der Waals surface area contributed by atoms with Gasteiger partial charge in [-0.1, -0.05) is 18.2 Å². The lowest BCUT2D eigenvalue weighted by Crippen LogP contribution is -1.95. The van der Waals surface area contributed by atoms with Gasteiger partial charge in [-0.3, -0.25) is 0 Å². The highest BCUT2D eigenvalue weighted by molar-refractivity contribution is 5.38. The van der Waals surface area contributed by atoms with Gasteiger partial charge in [-0.25, -0.2) is 0 Å². The fourth-order valence-corrected chi connectivity index (χ4v) is 1.16. The van der Waals surface area contributed by atoms with Crippen LogP contribution in [0.25, 0.3) is 0 Å². The highest BCUT2D eigenvalue weighted by atomic mass is 16.5. The zero-order valence-corrected chi connectivity index (χ0v) is 7.95. The summed E-state index contributed by atoms with van der Waals surface area (Å²) in [5.74, 6) is 0.790. The van der Waals surface area contributed by atoms with E-state index in [9.17, 15) is 5.11 Å². The first-order valence-electron chi connectivity index (χ1n) is 4.14. The van der Waals surface area contributed by atoms with Crippen molar-refractivity contribution >= 4 is 0 Å². The summed E-state index contributed by atoms with van der Waals surface area (Å²) in [6, 6.07) is 5.60. The van der Waals surface area contributed by atoms with Crippen molar-refractivity contribution in [2.75, 3.05) is 7.11 Å². The van der Waals surface area contributed by atoms with E-state index in [0.29, 0.717) is 0 Å². The minimum atomic E-state index is -0.616. The summed E-state index contributed by atoms with van der Waals surface area (Å²) < 4.78 is 5.13. The van der Waals surface area contributed by atoms with Gasteiger partial charge >= 0.3 is 0 Å². The zero-order valence-electron chi connectivity index (χ0n) is 7.95. The molecule has 1 unspecified atom stereocenters. The molecule has 0 spiro atoms. The summed E-state index contributed by atoms with van der Waals surface area (Å²) >= 11 is 0. The molecule has 2 heteroatoms. The van der Waals surface area contributed by atoms with E-state index >= 15 is 0 Å². The number of hydrogen-bond acceptors (Lipinski definition) is 2. The van der Waals surface area contributed by atoms with Crippen molar-refractivity contribution < 1.29 is 9.84 Å². The molecule has 1 atom stereocenters. The summed E-state index contributed by atoms with van der Waals surface area (Å²) in [6.07, 6.45) is 0.874. The number of ether oxygens (including phenoxy) is 1. The van der Waals surface area contributed by atoms with Gasteiger partial charge in [-0.15, -0.1) is 6.58 Å². The summed E-state index contributed by atoms with van der Waals surface area (Å²) in [5.41, 5.74) is 1.86. The quantitative estimate of drug-likeness (QED) is 0.719. The van der Waals surface area contributed by atoms with Crippen LogP contribution < -0.4 is 4.74 Å². The number of aliphatic hydroxyl groups is 1. The van der Waals surface area contributed by atoms with E-state index in [2.05, 4.69) is 6.58 Å². The number of methoxy groups -OCH3 is 1. The van der Waals surface area contributed by atoms with Crippen LogP contribution in [0.4, 0.5) is 0 Å². The third-order valence-electron chi connectivity index (χ3n) is 2.00. The van der Waals surface area contributed by atoms with Gasteiger partial charge in [-0.2, -0.15) is 0 Å². The fourth-order valence-electron chi connectivity index (χ4n) is 1.16. The molecule has 0 aromatic heterocycles. The topological polar surface area (TPSA) is 29.5 Å². The summed E-state index contributed by atoms with van der Waals surface area (Å²) in [6.45, 7) is 5.49. The maximum absolute atomic E-state index is 9.47. The lowest BCUT2D eigenvalue weighted by molar-refractivity contribution is 0.228. The van der Waals surface area contributed by atoms with Gasteiger partial charge in [0, 0.05) is 0 Å². The third-order valence-corrected chi connectivity index (χ3v) is 2.00. The maximum atomic E-state index is 9.47. The number of benzene rings is 1. The monoisotopic (exact) mass is 178 g/mol. The lowest BCUT2D eigenvalue weighted by Gasteiger charge is -2.09. The standard InChI is InChI=1S/C11H14O2/c1-4-10(12)9-6-5-8(2)11(7-9)13-3/h4-7,10,12H,1H2,2-3H3. The molecule has 0 saturated heterocycles. The second-order valence-electron chi connectivity index (χ2n) is 2.91. The van der Waals surface area contributed by atoms with Crippen LogP contribution in [0.15, 0.2) is 30.9 Å². The van der Waals surface area contributed by atoms with Crippen LogP contribution >= 0.6 is 0 Å². The molecule has 0 aliphatic carbocycles. The van der Waals surface area contributed by atoms with Crippen molar-refractivity contribution in [3.8, 4) is 5.75 Å². The molecule has 0 radical (unpaired) electrons. The molecule has 70 valence electrons. The SMILES string of the molecule is C=CC(O)c1ccc(C)c(OC)c1. The van der Waals surface area contributed by atoms with Crippen LogP contribution in [-0.2, 0) is 0 Å². The highest BCUT2D eigenvalue weighted by Crippen LogP contribution is 2.23. The molecular weight excluding hydrogens is 164 g/mol. The molecule has 1 N–H and O–H groups in total. The molecule has 0 fully saturated rings. The van der Waals surface area contributed by atoms with E-state index in [1.807, 2.05) is 25.1 Å². The first kappa shape index (κ1) is 9.81. The third kappa shape index (κ3) is 2.10. The Morgan fingerprint density at radius 1 is 1.54 bits per heavy atom. The largest absolute Gasteiger partial charge is 0.496 e. The van der Waals surface area contributed by atoms with Crippen LogP contribution in [-0.4, -0.2) is 12.2 Å². The number of rotatable bonds is 3. The fraction of sp³-hybridized carbons (Fsp3) is 0.273. The van der Waals surface area contributed by atoms with Crippen molar-refractivity contribution in [3.63, 3.8) is 0 Å². The molecule has 0 saturated carbocycles. The number of aliphatic hydroxyl groups excluding tert-OH is 1. The Hall–Kier alpha value is -1.28. The second-order valence-corrected chi connectivity index (χ2v) is 2.91. The van der Waals surface area contributed by atoms with Crippen molar-refractivity contribution in [3.05, 3.63) is 42.0 Å². The molecule has 1 rings (SSSR count). The maximum Gasteiger partial charge on any atom is 0.122 e. The Bertz CT molecular complexity index is 305. The highest BCUT2D eigenvalue weighted by Gasteiger charge is 2.05. The Morgan fingerprint density at radius 3 is 2.77 bits per heavy atom. The van der Waals surface area contributed by atoms with Crippen molar-refractivity contribution in [2.24, 2.45) is 0 Å². The summed E-state index contributed by atoms with van der Waals surface area (Å²) in [5, 5.41) is 9.47. The van der Waals surface area contributed by atoms with E-state index in [1.165, 1.54) is 6.08 Å². The summed E-state index contributed by atoms with van der Waals surface area (Å²) in [4.78, 5) is 0. The smallest absolute Gasteiger partial charge is 0.122 e. The second kappa shape index (κ2) is 4.10.